The number of carbonyl (C=O) groups is 2. The van der Waals surface area contributed by atoms with E-state index in [1.807, 2.05) is 72.9 Å². The third-order valence-electron chi connectivity index (χ3n) is 6.96. The van der Waals surface area contributed by atoms with Crippen LogP contribution in [0.2, 0.25) is 0 Å². The number of para-hydroxylation sites is 2. The van der Waals surface area contributed by atoms with Gasteiger partial charge in [-0.15, -0.1) is 0 Å². The van der Waals surface area contributed by atoms with Crippen LogP contribution in [-0.4, -0.2) is 45.8 Å². The van der Waals surface area contributed by atoms with E-state index in [1.54, 1.807) is 17.7 Å². The lowest BCUT2D eigenvalue weighted by molar-refractivity contribution is -0.142. The van der Waals surface area contributed by atoms with E-state index in [0.29, 0.717) is 29.2 Å². The fraction of sp³-hybridized carbons (Fsp3) is 0.200. The second-order valence-electron chi connectivity index (χ2n) is 9.39. The van der Waals surface area contributed by atoms with E-state index in [4.69, 9.17) is 14.3 Å². The molecule has 2 aromatic carbocycles. The fourth-order valence-corrected chi connectivity index (χ4v) is 4.94. The first kappa shape index (κ1) is 23.6. The molecule has 4 heterocycles. The van der Waals surface area contributed by atoms with Gasteiger partial charge in [-0.3, -0.25) is 14.5 Å². The Kier molecular flexibility index (Phi) is 5.98. The number of ether oxygens (including phenoxy) is 1. The van der Waals surface area contributed by atoms with Crippen molar-refractivity contribution >= 4 is 28.9 Å². The van der Waals surface area contributed by atoms with E-state index >= 15 is 0 Å². The summed E-state index contributed by atoms with van der Waals surface area (Å²) in [6, 6.07) is 21.2. The molecule has 0 radical (unpaired) electrons. The van der Waals surface area contributed by atoms with E-state index in [2.05, 4.69) is 0 Å². The van der Waals surface area contributed by atoms with Gasteiger partial charge in [-0.05, 0) is 55.7 Å². The first-order chi connectivity index (χ1) is 18.5. The van der Waals surface area contributed by atoms with Gasteiger partial charge in [0.15, 0.2) is 5.76 Å². The van der Waals surface area contributed by atoms with E-state index in [-0.39, 0.29) is 23.8 Å². The molecule has 38 heavy (non-hydrogen) atoms. The Morgan fingerprint density at radius 2 is 1.89 bits per heavy atom. The van der Waals surface area contributed by atoms with Crippen LogP contribution in [0.15, 0.2) is 88.0 Å². The number of fused-ring (bicyclic) bond motifs is 1. The number of rotatable bonds is 5. The molecule has 2 aliphatic rings. The topological polar surface area (TPSA) is 101 Å². The van der Waals surface area contributed by atoms with Gasteiger partial charge < -0.3 is 9.15 Å². The van der Waals surface area contributed by atoms with Crippen LogP contribution in [0, 0.1) is 11.3 Å². The summed E-state index contributed by atoms with van der Waals surface area (Å²) < 4.78 is 13.5. The van der Waals surface area contributed by atoms with Gasteiger partial charge >= 0.3 is 0 Å². The average molecular weight is 505 g/mol. The Labute approximate surface area is 219 Å². The normalized spacial score (nSPS) is 19.1. The van der Waals surface area contributed by atoms with Crippen LogP contribution in [0.1, 0.15) is 25.3 Å². The Bertz CT molecular complexity index is 1630. The van der Waals surface area contributed by atoms with Gasteiger partial charge in [0.05, 0.1) is 18.3 Å². The Morgan fingerprint density at radius 1 is 1.11 bits per heavy atom. The number of benzene rings is 2. The average Bonchev–Trinajstić information content (AvgIpc) is 3.69. The van der Waals surface area contributed by atoms with Crippen molar-refractivity contribution in [2.45, 2.75) is 25.9 Å². The maximum absolute atomic E-state index is 13.7. The molecule has 0 spiro atoms. The van der Waals surface area contributed by atoms with Crippen LogP contribution in [0.3, 0.4) is 0 Å². The summed E-state index contributed by atoms with van der Waals surface area (Å²) in [5.41, 5.74) is 3.29. The molecule has 188 valence electrons. The standard InChI is InChI=1S/C30H24N4O4/c1-19-24(29(35)33(30(36)25(19)16-31)18-23-11-7-13-37-23)14-21-17-34(22-9-3-2-4-10-22)32-28(21)27-15-20-8-5-6-12-26(20)38-27/h2-6,8-10,12,14-15,17,23H,7,11,13,18H2,1H3/b24-14+. The molecule has 1 unspecified atom stereocenters. The van der Waals surface area contributed by atoms with Gasteiger partial charge in [0.2, 0.25) is 0 Å². The zero-order chi connectivity index (χ0) is 26.2. The monoisotopic (exact) mass is 504 g/mol. The Hall–Kier alpha value is -4.74. The summed E-state index contributed by atoms with van der Waals surface area (Å²) in [5.74, 6) is -0.490. The van der Waals surface area contributed by atoms with Gasteiger partial charge in [-0.25, -0.2) is 4.68 Å². The first-order valence-corrected chi connectivity index (χ1v) is 12.5. The number of amides is 2. The van der Waals surface area contributed by atoms with Crippen LogP contribution in [0.4, 0.5) is 0 Å². The molecule has 0 N–H and O–H groups in total. The predicted octanol–water partition coefficient (Wildman–Crippen LogP) is 5.06. The molecule has 1 saturated heterocycles. The largest absolute Gasteiger partial charge is 0.454 e. The minimum Gasteiger partial charge on any atom is -0.454 e. The fourth-order valence-electron chi connectivity index (χ4n) is 4.94. The molecule has 0 saturated carbocycles. The van der Waals surface area contributed by atoms with E-state index < -0.39 is 11.8 Å². The second kappa shape index (κ2) is 9.61. The van der Waals surface area contributed by atoms with Crippen molar-refractivity contribution in [1.82, 2.24) is 14.7 Å². The molecule has 6 rings (SSSR count). The molecule has 8 heteroatoms. The summed E-state index contributed by atoms with van der Waals surface area (Å²) >= 11 is 0. The van der Waals surface area contributed by atoms with Crippen molar-refractivity contribution in [3.05, 3.63) is 89.1 Å². The lowest BCUT2D eigenvalue weighted by atomic mass is 9.93. The Morgan fingerprint density at radius 3 is 2.63 bits per heavy atom. The van der Waals surface area contributed by atoms with Crippen LogP contribution < -0.4 is 0 Å². The highest BCUT2D eigenvalue weighted by Gasteiger charge is 2.37. The molecule has 4 aromatic rings. The highest BCUT2D eigenvalue weighted by Crippen LogP contribution is 2.34. The number of carbonyl (C=O) groups excluding carboxylic acids is 2. The molecule has 1 fully saturated rings. The summed E-state index contributed by atoms with van der Waals surface area (Å²) in [5, 5.41) is 15.5. The van der Waals surface area contributed by atoms with Crippen molar-refractivity contribution in [3.8, 4) is 23.2 Å². The number of nitrogens with zero attached hydrogens (tertiary/aromatic N) is 4. The maximum atomic E-state index is 13.7. The highest BCUT2D eigenvalue weighted by atomic mass is 16.5. The minimum absolute atomic E-state index is 0.0467. The molecule has 1 atom stereocenters. The summed E-state index contributed by atoms with van der Waals surface area (Å²) in [6.45, 7) is 2.35. The van der Waals surface area contributed by atoms with Gasteiger partial charge in [-0.1, -0.05) is 36.4 Å². The van der Waals surface area contributed by atoms with Crippen LogP contribution >= 0.6 is 0 Å². The van der Waals surface area contributed by atoms with E-state index in [9.17, 15) is 14.9 Å². The number of imide groups is 1. The van der Waals surface area contributed by atoms with Crippen LogP contribution in [-0.2, 0) is 14.3 Å². The lowest BCUT2D eigenvalue weighted by Gasteiger charge is -2.29. The third-order valence-corrected chi connectivity index (χ3v) is 6.96. The second-order valence-corrected chi connectivity index (χ2v) is 9.39. The molecule has 8 nitrogen and oxygen atoms in total. The van der Waals surface area contributed by atoms with Crippen molar-refractivity contribution in [3.63, 3.8) is 0 Å². The lowest BCUT2D eigenvalue weighted by Crippen LogP contribution is -2.46. The van der Waals surface area contributed by atoms with Crippen LogP contribution in [0.25, 0.3) is 34.2 Å². The van der Waals surface area contributed by atoms with Crippen molar-refractivity contribution in [1.29, 1.82) is 5.26 Å². The molecule has 2 aromatic heterocycles. The number of aromatic nitrogens is 2. The molecule has 0 aliphatic carbocycles. The Balaban J connectivity index is 1.49. The summed E-state index contributed by atoms with van der Waals surface area (Å²) in [7, 11) is 0. The van der Waals surface area contributed by atoms with Gasteiger partial charge in [0.1, 0.15) is 22.9 Å². The van der Waals surface area contributed by atoms with Crippen molar-refractivity contribution in [2.24, 2.45) is 0 Å². The first-order valence-electron chi connectivity index (χ1n) is 12.5. The number of furan rings is 1. The predicted molar refractivity (Wildman–Crippen MR) is 141 cm³/mol. The zero-order valence-electron chi connectivity index (χ0n) is 20.8. The quantitative estimate of drug-likeness (QED) is 0.278. The molecular weight excluding hydrogens is 480 g/mol. The maximum Gasteiger partial charge on any atom is 0.271 e. The number of hydrogen-bond acceptors (Lipinski definition) is 6. The highest BCUT2D eigenvalue weighted by molar-refractivity contribution is 6.19. The molecule has 2 aliphatic heterocycles. The number of nitriles is 1. The van der Waals surface area contributed by atoms with Crippen LogP contribution in [0.5, 0.6) is 0 Å². The number of hydrogen-bond donors (Lipinski definition) is 0. The summed E-state index contributed by atoms with van der Waals surface area (Å²) in [6.07, 6.45) is 4.93. The molecular formula is C30H24N4O4. The van der Waals surface area contributed by atoms with Crippen molar-refractivity contribution in [2.75, 3.05) is 13.2 Å². The van der Waals surface area contributed by atoms with E-state index in [1.165, 1.54) is 0 Å². The van der Waals surface area contributed by atoms with Gasteiger partial charge in [0.25, 0.3) is 11.8 Å². The minimum atomic E-state index is -0.583. The third kappa shape index (κ3) is 4.13. The molecule has 2 amide bonds. The van der Waals surface area contributed by atoms with Gasteiger partial charge in [-0.2, -0.15) is 10.4 Å². The smallest absolute Gasteiger partial charge is 0.271 e. The zero-order valence-corrected chi connectivity index (χ0v) is 20.8. The SMILES string of the molecule is CC1=C(C#N)C(=O)N(CC2CCCO2)C(=O)/C1=C/c1cn(-c2ccccc2)nc1-c1cc2ccccc2o1. The van der Waals surface area contributed by atoms with Crippen molar-refractivity contribution < 1.29 is 18.7 Å². The summed E-state index contributed by atoms with van der Waals surface area (Å²) in [4.78, 5) is 27.8. The van der Waals surface area contributed by atoms with Gasteiger partial charge in [0, 0.05) is 29.3 Å². The van der Waals surface area contributed by atoms with E-state index in [0.717, 1.165) is 34.4 Å². The molecule has 0 bridgehead atoms.